The number of piperidine rings is 1. The van der Waals surface area contributed by atoms with E-state index in [9.17, 15) is 4.79 Å². The number of amides is 1. The molecule has 0 aromatic heterocycles. The van der Waals surface area contributed by atoms with Crippen LogP contribution in [-0.2, 0) is 17.9 Å². The van der Waals surface area contributed by atoms with Gasteiger partial charge >= 0.3 is 0 Å². The Hall–Kier alpha value is -1.59. The fraction of sp³-hybridized carbons (Fsp3) is 0.458. The van der Waals surface area contributed by atoms with Gasteiger partial charge in [-0.3, -0.25) is 9.69 Å². The van der Waals surface area contributed by atoms with Crippen LogP contribution in [0.4, 0.5) is 0 Å². The van der Waals surface area contributed by atoms with Gasteiger partial charge in [0.2, 0.25) is 5.91 Å². The summed E-state index contributed by atoms with van der Waals surface area (Å²) in [5, 5.41) is 3.03. The third-order valence-corrected chi connectivity index (χ3v) is 5.77. The second kappa shape index (κ2) is 13.0. The van der Waals surface area contributed by atoms with Crippen LogP contribution in [0.3, 0.4) is 0 Å². The summed E-state index contributed by atoms with van der Waals surface area (Å²) in [5.74, 6) is 0.512. The first-order valence-corrected chi connectivity index (χ1v) is 10.4. The van der Waals surface area contributed by atoms with Crippen molar-refractivity contribution in [3.63, 3.8) is 0 Å². The molecule has 0 bridgehead atoms. The molecule has 3 N–H and O–H groups in total. The number of hydrogen-bond donors (Lipinski definition) is 2. The summed E-state index contributed by atoms with van der Waals surface area (Å²) in [6, 6.07) is 18.1. The number of nitrogens with one attached hydrogen (secondary N) is 1. The molecule has 2 aromatic carbocycles. The molecule has 4 nitrogen and oxygen atoms in total. The number of rotatable bonds is 7. The van der Waals surface area contributed by atoms with Gasteiger partial charge in [-0.15, -0.1) is 24.8 Å². The van der Waals surface area contributed by atoms with Gasteiger partial charge in [0.25, 0.3) is 0 Å². The Kier molecular flexibility index (Phi) is 11.4. The number of nitrogens with two attached hydrogens (primary N) is 1. The van der Waals surface area contributed by atoms with Gasteiger partial charge in [0.1, 0.15) is 0 Å². The molecule has 6 heteroatoms. The molecule has 0 saturated carbocycles. The lowest BCUT2D eigenvalue weighted by Crippen LogP contribution is -2.35. The number of nitrogens with zero attached hydrogens (tertiary/aromatic N) is 1. The van der Waals surface area contributed by atoms with Crippen LogP contribution in [0.2, 0.25) is 0 Å². The predicted octanol–water partition coefficient (Wildman–Crippen LogP) is 4.71. The highest BCUT2D eigenvalue weighted by atomic mass is 35.5. The molecular weight excluding hydrogens is 417 g/mol. The maximum atomic E-state index is 12.5. The van der Waals surface area contributed by atoms with Crippen molar-refractivity contribution in [3.05, 3.63) is 71.3 Å². The highest BCUT2D eigenvalue weighted by molar-refractivity contribution is 5.85. The molecule has 2 aromatic rings. The van der Waals surface area contributed by atoms with Crippen molar-refractivity contribution in [2.24, 2.45) is 17.6 Å². The lowest BCUT2D eigenvalue weighted by molar-refractivity contribution is -0.125. The standard InChI is InChI=1S/C24H33N3O.2ClH/c1-18-7-6-14-27(16-18)17-21-12-10-20(11-13-21)15-26-24(28)19(2)23(25)22-8-4-3-5-9-22;;/h3-5,8-13,18-19,23H,6-7,14-17,25H2,1-2H3,(H,26,28);2*1H. The maximum absolute atomic E-state index is 12.5. The fourth-order valence-electron chi connectivity index (χ4n) is 3.93. The molecule has 3 rings (SSSR count). The van der Waals surface area contributed by atoms with Crippen molar-refractivity contribution in [1.29, 1.82) is 0 Å². The summed E-state index contributed by atoms with van der Waals surface area (Å²) in [6.07, 6.45) is 2.65. The van der Waals surface area contributed by atoms with Crippen LogP contribution in [0.25, 0.3) is 0 Å². The molecule has 0 spiro atoms. The minimum absolute atomic E-state index is 0. The first-order chi connectivity index (χ1) is 13.5. The van der Waals surface area contributed by atoms with Crippen LogP contribution in [0.1, 0.15) is 49.4 Å². The van der Waals surface area contributed by atoms with Gasteiger partial charge in [-0.25, -0.2) is 0 Å². The number of likely N-dealkylation sites (tertiary alicyclic amines) is 1. The molecule has 3 atom stereocenters. The largest absolute Gasteiger partial charge is 0.352 e. The van der Waals surface area contributed by atoms with E-state index >= 15 is 0 Å². The van der Waals surface area contributed by atoms with E-state index in [1.807, 2.05) is 37.3 Å². The van der Waals surface area contributed by atoms with Gasteiger partial charge in [-0.2, -0.15) is 0 Å². The first kappa shape index (κ1) is 26.4. The Bertz CT molecular complexity index is 755. The maximum Gasteiger partial charge on any atom is 0.225 e. The zero-order valence-corrected chi connectivity index (χ0v) is 19.6. The average Bonchev–Trinajstić information content (AvgIpc) is 2.72. The van der Waals surface area contributed by atoms with Crippen LogP contribution in [-0.4, -0.2) is 23.9 Å². The van der Waals surface area contributed by atoms with E-state index in [1.54, 1.807) is 0 Å². The van der Waals surface area contributed by atoms with Crippen molar-refractivity contribution >= 4 is 30.7 Å². The molecule has 1 fully saturated rings. The Morgan fingerprint density at radius 3 is 2.37 bits per heavy atom. The number of benzene rings is 2. The van der Waals surface area contributed by atoms with Crippen molar-refractivity contribution in [3.8, 4) is 0 Å². The number of hydrogen-bond acceptors (Lipinski definition) is 3. The van der Waals surface area contributed by atoms with Crippen molar-refractivity contribution in [2.75, 3.05) is 13.1 Å². The molecule has 1 heterocycles. The molecular formula is C24H35Cl2N3O. The number of carbonyl (C=O) groups excluding carboxylic acids is 1. The highest BCUT2D eigenvalue weighted by Gasteiger charge is 2.21. The Balaban J connectivity index is 0.00000225. The predicted molar refractivity (Wildman–Crippen MR) is 129 cm³/mol. The monoisotopic (exact) mass is 451 g/mol. The van der Waals surface area contributed by atoms with E-state index < -0.39 is 0 Å². The van der Waals surface area contributed by atoms with E-state index in [0.29, 0.717) is 6.54 Å². The molecule has 3 unspecified atom stereocenters. The van der Waals surface area contributed by atoms with Crippen LogP contribution in [0.5, 0.6) is 0 Å². The molecule has 1 amide bonds. The summed E-state index contributed by atoms with van der Waals surface area (Å²) < 4.78 is 0. The summed E-state index contributed by atoms with van der Waals surface area (Å²) >= 11 is 0. The van der Waals surface area contributed by atoms with E-state index in [4.69, 9.17) is 5.73 Å². The van der Waals surface area contributed by atoms with Gasteiger partial charge in [0, 0.05) is 25.7 Å². The van der Waals surface area contributed by atoms with E-state index in [2.05, 4.69) is 41.4 Å². The van der Waals surface area contributed by atoms with Crippen molar-refractivity contribution in [2.45, 2.75) is 45.8 Å². The smallest absolute Gasteiger partial charge is 0.225 e. The van der Waals surface area contributed by atoms with Gasteiger partial charge in [0.15, 0.2) is 0 Å². The van der Waals surface area contributed by atoms with E-state index in [-0.39, 0.29) is 42.7 Å². The normalized spacial score (nSPS) is 18.4. The van der Waals surface area contributed by atoms with Crippen LogP contribution in [0, 0.1) is 11.8 Å². The van der Waals surface area contributed by atoms with Crippen LogP contribution in [0.15, 0.2) is 54.6 Å². The number of carbonyl (C=O) groups is 1. The average molecular weight is 452 g/mol. The first-order valence-electron chi connectivity index (χ1n) is 10.4. The van der Waals surface area contributed by atoms with Gasteiger partial charge in [-0.05, 0) is 42.0 Å². The Labute approximate surface area is 193 Å². The van der Waals surface area contributed by atoms with E-state index in [0.717, 1.165) is 23.6 Å². The second-order valence-corrected chi connectivity index (χ2v) is 8.24. The molecule has 166 valence electrons. The summed E-state index contributed by atoms with van der Waals surface area (Å²) in [5.41, 5.74) is 9.70. The molecule has 1 saturated heterocycles. The molecule has 30 heavy (non-hydrogen) atoms. The molecule has 0 radical (unpaired) electrons. The zero-order chi connectivity index (χ0) is 19.9. The second-order valence-electron chi connectivity index (χ2n) is 8.24. The minimum atomic E-state index is -0.296. The topological polar surface area (TPSA) is 58.4 Å². The third kappa shape index (κ3) is 7.59. The summed E-state index contributed by atoms with van der Waals surface area (Å²) in [7, 11) is 0. The van der Waals surface area contributed by atoms with Crippen LogP contribution >= 0.6 is 24.8 Å². The van der Waals surface area contributed by atoms with Crippen LogP contribution < -0.4 is 11.1 Å². The Morgan fingerprint density at radius 1 is 1.10 bits per heavy atom. The highest BCUT2D eigenvalue weighted by Crippen LogP contribution is 2.20. The zero-order valence-electron chi connectivity index (χ0n) is 17.9. The molecule has 0 aliphatic carbocycles. The van der Waals surface area contributed by atoms with Crippen molar-refractivity contribution < 1.29 is 4.79 Å². The summed E-state index contributed by atoms with van der Waals surface area (Å²) in [6.45, 7) is 8.16. The molecule has 1 aliphatic heterocycles. The lowest BCUT2D eigenvalue weighted by Gasteiger charge is -2.30. The van der Waals surface area contributed by atoms with Gasteiger partial charge in [0.05, 0.1) is 5.92 Å². The SMILES string of the molecule is CC1CCCN(Cc2ccc(CNC(=O)C(C)C(N)c3ccccc3)cc2)C1.Cl.Cl. The molecule has 1 aliphatic rings. The summed E-state index contributed by atoms with van der Waals surface area (Å²) in [4.78, 5) is 15.0. The fourth-order valence-corrected chi connectivity index (χ4v) is 3.93. The third-order valence-electron chi connectivity index (χ3n) is 5.77. The quantitative estimate of drug-likeness (QED) is 0.640. The van der Waals surface area contributed by atoms with Gasteiger partial charge in [-0.1, -0.05) is 68.4 Å². The minimum Gasteiger partial charge on any atom is -0.352 e. The van der Waals surface area contributed by atoms with Crippen molar-refractivity contribution in [1.82, 2.24) is 10.2 Å². The Morgan fingerprint density at radius 2 is 1.73 bits per heavy atom. The number of halogens is 2. The van der Waals surface area contributed by atoms with E-state index in [1.165, 1.54) is 31.5 Å². The van der Waals surface area contributed by atoms with Gasteiger partial charge < -0.3 is 11.1 Å². The lowest BCUT2D eigenvalue weighted by atomic mass is 9.94.